The second kappa shape index (κ2) is 5.29. The first-order chi connectivity index (χ1) is 6.56. The van der Waals surface area contributed by atoms with E-state index < -0.39 is 0 Å². The molecule has 4 heteroatoms. The van der Waals surface area contributed by atoms with Crippen molar-refractivity contribution in [2.45, 2.75) is 17.6 Å². The van der Waals surface area contributed by atoms with Crippen molar-refractivity contribution in [2.75, 3.05) is 0 Å². The van der Waals surface area contributed by atoms with Gasteiger partial charge in [-0.05, 0) is 24.1 Å². The van der Waals surface area contributed by atoms with Gasteiger partial charge in [-0.1, -0.05) is 44.0 Å². The van der Waals surface area contributed by atoms with Crippen molar-refractivity contribution >= 4 is 49.2 Å². The van der Waals surface area contributed by atoms with Crippen LogP contribution in [-0.4, -0.2) is 5.78 Å². The van der Waals surface area contributed by atoms with Crippen LogP contribution in [0.5, 0.6) is 0 Å². The van der Waals surface area contributed by atoms with Crippen molar-refractivity contribution in [1.82, 2.24) is 0 Å². The number of hydrogen-bond donors (Lipinski definition) is 0. The average molecular weight is 340 g/mol. The SMILES string of the molecule is CC(=O)C(Br)c1ccc(CCl)cc1Br. The molecule has 0 radical (unpaired) electrons. The number of halogens is 3. The van der Waals surface area contributed by atoms with Crippen LogP contribution < -0.4 is 0 Å². The smallest absolute Gasteiger partial charge is 0.147 e. The van der Waals surface area contributed by atoms with E-state index in [4.69, 9.17) is 11.6 Å². The highest BCUT2D eigenvalue weighted by Crippen LogP contribution is 2.31. The summed E-state index contributed by atoms with van der Waals surface area (Å²) in [7, 11) is 0. The Hall–Kier alpha value is 0.140. The second-order valence-corrected chi connectivity index (χ2v) is 5.00. The Morgan fingerprint density at radius 1 is 1.57 bits per heavy atom. The van der Waals surface area contributed by atoms with Crippen molar-refractivity contribution in [3.05, 3.63) is 33.8 Å². The summed E-state index contributed by atoms with van der Waals surface area (Å²) in [5.41, 5.74) is 1.97. The van der Waals surface area contributed by atoms with Gasteiger partial charge in [0.2, 0.25) is 0 Å². The zero-order valence-corrected chi connectivity index (χ0v) is 11.5. The standard InChI is InChI=1S/C10H9Br2ClO/c1-6(14)10(12)8-3-2-7(5-13)4-9(8)11/h2-4,10H,5H2,1H3. The Kier molecular flexibility index (Phi) is 4.61. The molecular formula is C10H9Br2ClO. The third-order valence-corrected chi connectivity index (χ3v) is 3.98. The predicted octanol–water partition coefficient (Wildman–Crippen LogP) is 4.21. The van der Waals surface area contributed by atoms with E-state index >= 15 is 0 Å². The minimum atomic E-state index is -0.249. The van der Waals surface area contributed by atoms with Crippen LogP contribution in [-0.2, 0) is 10.7 Å². The minimum Gasteiger partial charge on any atom is -0.298 e. The van der Waals surface area contributed by atoms with Crippen LogP contribution in [0.25, 0.3) is 0 Å². The van der Waals surface area contributed by atoms with Gasteiger partial charge in [0, 0.05) is 10.4 Å². The maximum Gasteiger partial charge on any atom is 0.147 e. The van der Waals surface area contributed by atoms with Crippen molar-refractivity contribution < 1.29 is 4.79 Å². The van der Waals surface area contributed by atoms with Crippen LogP contribution in [0.2, 0.25) is 0 Å². The van der Waals surface area contributed by atoms with Gasteiger partial charge in [0.25, 0.3) is 0 Å². The van der Waals surface area contributed by atoms with E-state index in [0.29, 0.717) is 5.88 Å². The van der Waals surface area contributed by atoms with Crippen LogP contribution in [0, 0.1) is 0 Å². The normalized spacial score (nSPS) is 12.6. The molecule has 0 bridgehead atoms. The summed E-state index contributed by atoms with van der Waals surface area (Å²) in [4.78, 5) is 10.9. The Morgan fingerprint density at radius 3 is 2.64 bits per heavy atom. The fourth-order valence-corrected chi connectivity index (χ4v) is 2.61. The van der Waals surface area contributed by atoms with Crippen LogP contribution >= 0.6 is 43.5 Å². The molecular weight excluding hydrogens is 331 g/mol. The Balaban J connectivity index is 3.05. The molecule has 0 aliphatic carbocycles. The molecule has 1 aromatic carbocycles. The van der Waals surface area contributed by atoms with Gasteiger partial charge in [0.05, 0.1) is 4.83 Å². The molecule has 0 saturated heterocycles. The van der Waals surface area contributed by atoms with Crippen LogP contribution in [0.3, 0.4) is 0 Å². The summed E-state index contributed by atoms with van der Waals surface area (Å²) in [6.07, 6.45) is 0. The molecule has 0 aliphatic heterocycles. The molecule has 1 atom stereocenters. The van der Waals surface area contributed by atoms with Crippen molar-refractivity contribution in [3.8, 4) is 0 Å². The summed E-state index contributed by atoms with van der Waals surface area (Å²) in [6, 6.07) is 5.76. The van der Waals surface area contributed by atoms with E-state index in [-0.39, 0.29) is 10.6 Å². The van der Waals surface area contributed by atoms with Crippen LogP contribution in [0.4, 0.5) is 0 Å². The molecule has 0 saturated carbocycles. The summed E-state index contributed by atoms with van der Waals surface area (Å²) in [5, 5.41) is 0. The predicted molar refractivity (Wildman–Crippen MR) is 66.0 cm³/mol. The number of hydrogen-bond acceptors (Lipinski definition) is 1. The van der Waals surface area contributed by atoms with E-state index in [1.165, 1.54) is 0 Å². The van der Waals surface area contributed by atoms with Gasteiger partial charge >= 0.3 is 0 Å². The molecule has 0 heterocycles. The number of carbonyl (C=O) groups is 1. The lowest BCUT2D eigenvalue weighted by atomic mass is 10.1. The quantitative estimate of drug-likeness (QED) is 0.753. The first-order valence-electron chi connectivity index (χ1n) is 4.05. The highest BCUT2D eigenvalue weighted by Gasteiger charge is 2.15. The van der Waals surface area contributed by atoms with Crippen molar-refractivity contribution in [1.29, 1.82) is 0 Å². The lowest BCUT2D eigenvalue weighted by molar-refractivity contribution is -0.116. The number of carbonyl (C=O) groups excluding carboxylic acids is 1. The van der Waals surface area contributed by atoms with Gasteiger partial charge in [0.15, 0.2) is 0 Å². The van der Waals surface area contributed by atoms with Gasteiger partial charge in [0.1, 0.15) is 5.78 Å². The number of benzene rings is 1. The molecule has 0 aliphatic rings. The zero-order chi connectivity index (χ0) is 10.7. The first-order valence-corrected chi connectivity index (χ1v) is 6.29. The van der Waals surface area contributed by atoms with Crippen molar-refractivity contribution in [3.63, 3.8) is 0 Å². The molecule has 0 spiro atoms. The Bertz CT molecular complexity index is 352. The summed E-state index contributed by atoms with van der Waals surface area (Å²) < 4.78 is 0.910. The van der Waals surface area contributed by atoms with Gasteiger partial charge in [-0.15, -0.1) is 11.6 Å². The largest absolute Gasteiger partial charge is 0.298 e. The summed E-state index contributed by atoms with van der Waals surface area (Å²) in [6.45, 7) is 1.56. The number of alkyl halides is 2. The molecule has 0 fully saturated rings. The van der Waals surface area contributed by atoms with E-state index in [1.807, 2.05) is 18.2 Å². The molecule has 1 nitrogen and oxygen atoms in total. The van der Waals surface area contributed by atoms with Gasteiger partial charge < -0.3 is 0 Å². The van der Waals surface area contributed by atoms with E-state index in [2.05, 4.69) is 31.9 Å². The maximum atomic E-state index is 11.2. The fraction of sp³-hybridized carbons (Fsp3) is 0.300. The summed E-state index contributed by atoms with van der Waals surface area (Å²) in [5.74, 6) is 0.565. The van der Waals surface area contributed by atoms with Gasteiger partial charge in [-0.3, -0.25) is 4.79 Å². The fourth-order valence-electron chi connectivity index (χ4n) is 1.08. The number of Topliss-reactive ketones (excluding diaryl/α,β-unsaturated/α-hetero) is 1. The molecule has 1 unspecified atom stereocenters. The summed E-state index contributed by atoms with van der Waals surface area (Å²) >= 11 is 12.4. The molecule has 14 heavy (non-hydrogen) atoms. The molecule has 1 aromatic rings. The average Bonchev–Trinajstić information content (AvgIpc) is 2.16. The van der Waals surface area contributed by atoms with Gasteiger partial charge in [-0.25, -0.2) is 0 Å². The van der Waals surface area contributed by atoms with E-state index in [1.54, 1.807) is 6.92 Å². The monoisotopic (exact) mass is 338 g/mol. The lowest BCUT2D eigenvalue weighted by Crippen LogP contribution is -2.02. The van der Waals surface area contributed by atoms with Crippen LogP contribution in [0.15, 0.2) is 22.7 Å². The van der Waals surface area contributed by atoms with Crippen LogP contribution in [0.1, 0.15) is 22.9 Å². The third kappa shape index (κ3) is 2.81. The van der Waals surface area contributed by atoms with E-state index in [9.17, 15) is 4.79 Å². The molecule has 0 amide bonds. The Morgan fingerprint density at radius 2 is 2.21 bits per heavy atom. The van der Waals surface area contributed by atoms with Gasteiger partial charge in [-0.2, -0.15) is 0 Å². The highest BCUT2D eigenvalue weighted by atomic mass is 79.9. The van der Waals surface area contributed by atoms with Crippen molar-refractivity contribution in [2.24, 2.45) is 0 Å². The maximum absolute atomic E-state index is 11.2. The Labute approximate surface area is 105 Å². The molecule has 0 aromatic heterocycles. The molecule has 1 rings (SSSR count). The second-order valence-electron chi connectivity index (χ2n) is 2.96. The molecule has 76 valence electrons. The third-order valence-electron chi connectivity index (χ3n) is 1.85. The lowest BCUT2D eigenvalue weighted by Gasteiger charge is -2.09. The number of rotatable bonds is 3. The minimum absolute atomic E-state index is 0.0873. The first kappa shape index (κ1) is 12.2. The molecule has 0 N–H and O–H groups in total. The number of ketones is 1. The topological polar surface area (TPSA) is 17.1 Å². The van der Waals surface area contributed by atoms with E-state index in [0.717, 1.165) is 15.6 Å². The highest BCUT2D eigenvalue weighted by molar-refractivity contribution is 9.11. The zero-order valence-electron chi connectivity index (χ0n) is 7.56.